The van der Waals surface area contributed by atoms with Crippen LogP contribution in [0.15, 0.2) is 23.7 Å². The predicted octanol–water partition coefficient (Wildman–Crippen LogP) is -1.11. The molecule has 1 fully saturated rings. The summed E-state index contributed by atoms with van der Waals surface area (Å²) in [6.07, 6.45) is 3.11. The van der Waals surface area contributed by atoms with Crippen LogP contribution in [0.25, 0.3) is 0 Å². The molecular formula is C12H24N4O2. The van der Waals surface area contributed by atoms with Gasteiger partial charge in [0.05, 0.1) is 6.61 Å². The van der Waals surface area contributed by atoms with E-state index in [9.17, 15) is 0 Å². The van der Waals surface area contributed by atoms with Crippen LogP contribution >= 0.6 is 0 Å². The number of ether oxygens (including phenoxy) is 1. The molecule has 1 aliphatic heterocycles. The first kappa shape index (κ1) is 14.8. The van der Waals surface area contributed by atoms with Gasteiger partial charge in [-0.2, -0.15) is 0 Å². The van der Waals surface area contributed by atoms with Gasteiger partial charge in [0.2, 0.25) is 0 Å². The van der Waals surface area contributed by atoms with Crippen LogP contribution in [0.3, 0.4) is 0 Å². The Bertz CT molecular complexity index is 296. The number of nitrogens with zero attached hydrogens (tertiary/aromatic N) is 2. The van der Waals surface area contributed by atoms with Crippen LogP contribution in [0.1, 0.15) is 0 Å². The third-order valence-electron chi connectivity index (χ3n) is 2.92. The van der Waals surface area contributed by atoms with Gasteiger partial charge in [-0.3, -0.25) is 4.90 Å². The second kappa shape index (κ2) is 7.97. The third-order valence-corrected chi connectivity index (χ3v) is 2.92. The Morgan fingerprint density at radius 2 is 1.89 bits per heavy atom. The van der Waals surface area contributed by atoms with Crippen molar-refractivity contribution in [3.8, 4) is 0 Å². The monoisotopic (exact) mass is 256 g/mol. The van der Waals surface area contributed by atoms with E-state index >= 15 is 0 Å². The highest BCUT2D eigenvalue weighted by Crippen LogP contribution is 1.99. The van der Waals surface area contributed by atoms with Gasteiger partial charge in [-0.05, 0) is 19.2 Å². The standard InChI is InChI=1S/C12H24N4O2/c1-15-4-6-16(7-5-15)8-9-18-12(14)3-2-11(13)10-17/h2-3,17H,4-10,13-14H2,1H3/b11-2-,12-3+. The lowest BCUT2D eigenvalue weighted by molar-refractivity contribution is 0.112. The summed E-state index contributed by atoms with van der Waals surface area (Å²) in [6.45, 7) is 5.61. The fourth-order valence-electron chi connectivity index (χ4n) is 1.65. The number of hydrogen-bond acceptors (Lipinski definition) is 6. The van der Waals surface area contributed by atoms with E-state index in [-0.39, 0.29) is 6.61 Å². The molecule has 0 bridgehead atoms. The topological polar surface area (TPSA) is 88.0 Å². The maximum absolute atomic E-state index is 8.70. The summed E-state index contributed by atoms with van der Waals surface area (Å²) in [4.78, 5) is 4.67. The molecule has 104 valence electrons. The molecule has 0 aromatic heterocycles. The van der Waals surface area contributed by atoms with E-state index in [1.807, 2.05) is 0 Å². The Kier molecular flexibility index (Phi) is 6.56. The molecule has 1 aliphatic rings. The normalized spacial score (nSPS) is 20.1. The van der Waals surface area contributed by atoms with Gasteiger partial charge in [0.15, 0.2) is 5.88 Å². The molecule has 0 unspecified atom stereocenters. The average molecular weight is 256 g/mol. The molecule has 0 spiro atoms. The first-order chi connectivity index (χ1) is 8.61. The van der Waals surface area contributed by atoms with Crippen molar-refractivity contribution in [2.45, 2.75) is 0 Å². The Balaban J connectivity index is 2.17. The number of aliphatic hydroxyl groups excluding tert-OH is 1. The zero-order chi connectivity index (χ0) is 13.4. The lowest BCUT2D eigenvalue weighted by Crippen LogP contribution is -2.45. The predicted molar refractivity (Wildman–Crippen MR) is 71.5 cm³/mol. The minimum atomic E-state index is -0.176. The van der Waals surface area contributed by atoms with Gasteiger partial charge < -0.3 is 26.2 Å². The van der Waals surface area contributed by atoms with Gasteiger partial charge in [0.1, 0.15) is 6.61 Å². The number of nitrogens with two attached hydrogens (primary N) is 2. The van der Waals surface area contributed by atoms with Crippen molar-refractivity contribution in [3.05, 3.63) is 23.7 Å². The van der Waals surface area contributed by atoms with E-state index in [2.05, 4.69) is 16.8 Å². The number of aliphatic hydroxyl groups is 1. The maximum Gasteiger partial charge on any atom is 0.184 e. The fourth-order valence-corrected chi connectivity index (χ4v) is 1.65. The molecule has 1 rings (SSSR count). The van der Waals surface area contributed by atoms with Gasteiger partial charge in [0, 0.05) is 38.4 Å². The van der Waals surface area contributed by atoms with Crippen LogP contribution in [0, 0.1) is 0 Å². The summed E-state index contributed by atoms with van der Waals surface area (Å²) in [5.41, 5.74) is 11.4. The quantitative estimate of drug-likeness (QED) is 0.412. The van der Waals surface area contributed by atoms with E-state index in [1.165, 1.54) is 0 Å². The van der Waals surface area contributed by atoms with E-state index in [4.69, 9.17) is 21.3 Å². The lowest BCUT2D eigenvalue weighted by Gasteiger charge is -2.32. The minimum Gasteiger partial charge on any atom is -0.478 e. The summed E-state index contributed by atoms with van der Waals surface area (Å²) < 4.78 is 5.37. The Hall–Kier alpha value is -1.24. The molecule has 0 aliphatic carbocycles. The van der Waals surface area contributed by atoms with Gasteiger partial charge in [-0.1, -0.05) is 0 Å². The maximum atomic E-state index is 8.70. The van der Waals surface area contributed by atoms with Crippen LogP contribution in [0.5, 0.6) is 0 Å². The molecule has 18 heavy (non-hydrogen) atoms. The van der Waals surface area contributed by atoms with Crippen LogP contribution in [-0.4, -0.2) is 67.9 Å². The lowest BCUT2D eigenvalue weighted by atomic mass is 10.3. The van der Waals surface area contributed by atoms with Crippen LogP contribution in [0.2, 0.25) is 0 Å². The molecule has 0 radical (unpaired) electrons. The van der Waals surface area contributed by atoms with Gasteiger partial charge >= 0.3 is 0 Å². The third kappa shape index (κ3) is 5.90. The van der Waals surface area contributed by atoms with Gasteiger partial charge in [-0.25, -0.2) is 0 Å². The Morgan fingerprint density at radius 3 is 2.50 bits per heavy atom. The highest BCUT2D eigenvalue weighted by molar-refractivity contribution is 5.11. The van der Waals surface area contributed by atoms with Gasteiger partial charge in [-0.15, -0.1) is 0 Å². The number of likely N-dealkylation sites (N-methyl/N-ethyl adjacent to an activating group) is 1. The largest absolute Gasteiger partial charge is 0.478 e. The first-order valence-electron chi connectivity index (χ1n) is 6.18. The van der Waals surface area contributed by atoms with Crippen LogP contribution in [-0.2, 0) is 4.74 Å². The Morgan fingerprint density at radius 1 is 1.22 bits per heavy atom. The first-order valence-corrected chi connectivity index (χ1v) is 6.18. The molecule has 0 saturated carbocycles. The summed E-state index contributed by atoms with van der Waals surface area (Å²) in [5.74, 6) is 0.320. The molecule has 0 atom stereocenters. The van der Waals surface area contributed by atoms with E-state index in [1.54, 1.807) is 12.2 Å². The number of allylic oxidation sites excluding steroid dienone is 2. The van der Waals surface area contributed by atoms with Crippen molar-refractivity contribution in [2.75, 3.05) is 53.0 Å². The zero-order valence-corrected chi connectivity index (χ0v) is 11.0. The SMILES string of the molecule is CN1CCN(CCO/C(N)=C/C=C(\N)CO)CC1. The van der Waals surface area contributed by atoms with Crippen molar-refractivity contribution in [1.29, 1.82) is 0 Å². The van der Waals surface area contributed by atoms with E-state index in [0.717, 1.165) is 32.7 Å². The smallest absolute Gasteiger partial charge is 0.184 e. The zero-order valence-electron chi connectivity index (χ0n) is 11.0. The van der Waals surface area contributed by atoms with Crippen molar-refractivity contribution >= 4 is 0 Å². The van der Waals surface area contributed by atoms with Crippen molar-refractivity contribution < 1.29 is 9.84 Å². The molecule has 0 amide bonds. The summed E-state index contributed by atoms with van der Waals surface area (Å²) in [7, 11) is 2.13. The second-order valence-electron chi connectivity index (χ2n) is 4.46. The molecular weight excluding hydrogens is 232 g/mol. The number of piperazine rings is 1. The minimum absolute atomic E-state index is 0.176. The Labute approximate surface area is 108 Å². The highest BCUT2D eigenvalue weighted by atomic mass is 16.5. The van der Waals surface area contributed by atoms with E-state index in [0.29, 0.717) is 18.2 Å². The molecule has 0 aromatic rings. The van der Waals surface area contributed by atoms with Crippen LogP contribution < -0.4 is 11.5 Å². The van der Waals surface area contributed by atoms with Crippen molar-refractivity contribution in [1.82, 2.24) is 9.80 Å². The summed E-state index contributed by atoms with van der Waals surface area (Å²) in [5, 5.41) is 8.70. The molecule has 5 N–H and O–H groups in total. The summed E-state index contributed by atoms with van der Waals surface area (Å²) >= 11 is 0. The van der Waals surface area contributed by atoms with Crippen LogP contribution in [0.4, 0.5) is 0 Å². The van der Waals surface area contributed by atoms with Crippen molar-refractivity contribution in [2.24, 2.45) is 11.5 Å². The molecule has 1 saturated heterocycles. The van der Waals surface area contributed by atoms with Crippen molar-refractivity contribution in [3.63, 3.8) is 0 Å². The molecule has 1 heterocycles. The molecule has 6 nitrogen and oxygen atoms in total. The second-order valence-corrected chi connectivity index (χ2v) is 4.46. The van der Waals surface area contributed by atoms with Gasteiger partial charge in [0.25, 0.3) is 0 Å². The van der Waals surface area contributed by atoms with E-state index < -0.39 is 0 Å². The fraction of sp³-hybridized carbons (Fsp3) is 0.667. The highest BCUT2D eigenvalue weighted by Gasteiger charge is 2.12. The average Bonchev–Trinajstić information content (AvgIpc) is 2.38. The molecule has 0 aromatic carbocycles. The number of hydrogen-bond donors (Lipinski definition) is 3. The molecule has 6 heteroatoms. The number of rotatable bonds is 6. The summed E-state index contributed by atoms with van der Waals surface area (Å²) in [6, 6.07) is 0.